The fourth-order valence-corrected chi connectivity index (χ4v) is 2.25. The van der Waals surface area contributed by atoms with Crippen molar-refractivity contribution in [1.29, 1.82) is 0 Å². The second-order valence-electron chi connectivity index (χ2n) is 3.73. The fourth-order valence-electron chi connectivity index (χ4n) is 1.54. The van der Waals surface area contributed by atoms with E-state index in [0.717, 1.165) is 17.5 Å². The van der Waals surface area contributed by atoms with Crippen LogP contribution in [0.15, 0.2) is 36.0 Å². The lowest BCUT2D eigenvalue weighted by molar-refractivity contribution is 0.0983. The maximum atomic E-state index is 11.8. The molecule has 2 heterocycles. The van der Waals surface area contributed by atoms with Gasteiger partial charge in [0.05, 0.1) is 0 Å². The molecule has 2 rings (SSSR count). The summed E-state index contributed by atoms with van der Waals surface area (Å²) in [5.74, 6) is 0.216. The first-order chi connectivity index (χ1) is 7.75. The van der Waals surface area contributed by atoms with Crippen molar-refractivity contribution >= 4 is 17.1 Å². The van der Waals surface area contributed by atoms with Gasteiger partial charge in [-0.15, -0.1) is 11.3 Å². The minimum atomic E-state index is 0.216. The SMILES string of the molecule is Cc1cc(C(=O)CCc2cccnc2)cs1. The van der Waals surface area contributed by atoms with Crippen LogP contribution in [0.5, 0.6) is 0 Å². The van der Waals surface area contributed by atoms with E-state index < -0.39 is 0 Å². The molecule has 2 nitrogen and oxygen atoms in total. The molecule has 2 aromatic rings. The van der Waals surface area contributed by atoms with E-state index in [-0.39, 0.29) is 5.78 Å². The smallest absolute Gasteiger partial charge is 0.164 e. The number of nitrogens with zero attached hydrogens (tertiary/aromatic N) is 1. The molecule has 0 aromatic carbocycles. The number of aryl methyl sites for hydroxylation is 2. The van der Waals surface area contributed by atoms with Crippen LogP contribution >= 0.6 is 11.3 Å². The van der Waals surface area contributed by atoms with Crippen molar-refractivity contribution < 1.29 is 4.79 Å². The molecule has 0 aliphatic heterocycles. The minimum Gasteiger partial charge on any atom is -0.294 e. The number of carbonyl (C=O) groups excluding carboxylic acids is 1. The Balaban J connectivity index is 1.94. The van der Waals surface area contributed by atoms with Crippen LogP contribution in [-0.4, -0.2) is 10.8 Å². The van der Waals surface area contributed by atoms with Gasteiger partial charge in [-0.05, 0) is 31.0 Å². The maximum absolute atomic E-state index is 11.8. The quantitative estimate of drug-likeness (QED) is 0.756. The highest BCUT2D eigenvalue weighted by Gasteiger charge is 2.07. The number of ketones is 1. The molecule has 0 aliphatic rings. The molecule has 0 atom stereocenters. The molecule has 0 radical (unpaired) electrons. The number of carbonyl (C=O) groups is 1. The van der Waals surface area contributed by atoms with E-state index in [1.807, 2.05) is 36.7 Å². The summed E-state index contributed by atoms with van der Waals surface area (Å²) in [6, 6.07) is 5.85. The van der Waals surface area contributed by atoms with Crippen molar-refractivity contribution in [1.82, 2.24) is 4.98 Å². The molecule has 2 aromatic heterocycles. The van der Waals surface area contributed by atoms with Gasteiger partial charge in [-0.2, -0.15) is 0 Å². The molecule has 0 saturated heterocycles. The predicted octanol–water partition coefficient (Wildman–Crippen LogP) is 3.27. The highest BCUT2D eigenvalue weighted by atomic mass is 32.1. The summed E-state index contributed by atoms with van der Waals surface area (Å²) in [7, 11) is 0. The molecule has 3 heteroatoms. The summed E-state index contributed by atoms with van der Waals surface area (Å²) >= 11 is 1.62. The molecule has 16 heavy (non-hydrogen) atoms. The highest BCUT2D eigenvalue weighted by Crippen LogP contribution is 2.15. The third-order valence-electron chi connectivity index (χ3n) is 2.42. The van der Waals surface area contributed by atoms with Gasteiger partial charge in [0.25, 0.3) is 0 Å². The Kier molecular flexibility index (Phi) is 3.47. The predicted molar refractivity (Wildman–Crippen MR) is 65.9 cm³/mol. The molecule has 0 unspecified atom stereocenters. The van der Waals surface area contributed by atoms with Gasteiger partial charge in [-0.3, -0.25) is 9.78 Å². The summed E-state index contributed by atoms with van der Waals surface area (Å²) in [4.78, 5) is 17.0. The second kappa shape index (κ2) is 5.03. The topological polar surface area (TPSA) is 30.0 Å². The number of hydrogen-bond acceptors (Lipinski definition) is 3. The molecule has 0 amide bonds. The normalized spacial score (nSPS) is 10.3. The first-order valence-corrected chi connectivity index (χ1v) is 6.11. The Hall–Kier alpha value is -1.48. The first-order valence-electron chi connectivity index (χ1n) is 5.23. The maximum Gasteiger partial charge on any atom is 0.164 e. The second-order valence-corrected chi connectivity index (χ2v) is 4.85. The van der Waals surface area contributed by atoms with Crippen molar-refractivity contribution in [3.05, 3.63) is 52.0 Å². The lowest BCUT2D eigenvalue weighted by Gasteiger charge is -1.98. The van der Waals surface area contributed by atoms with Gasteiger partial charge in [-0.25, -0.2) is 0 Å². The van der Waals surface area contributed by atoms with E-state index in [1.165, 1.54) is 4.88 Å². The number of Topliss-reactive ketones (excluding diaryl/α,β-unsaturated/α-hetero) is 1. The zero-order valence-corrected chi connectivity index (χ0v) is 9.96. The Morgan fingerprint density at radius 1 is 1.50 bits per heavy atom. The minimum absolute atomic E-state index is 0.216. The van der Waals surface area contributed by atoms with Crippen LogP contribution in [0.25, 0.3) is 0 Å². The Morgan fingerprint density at radius 3 is 3.00 bits per heavy atom. The summed E-state index contributed by atoms with van der Waals surface area (Å²) < 4.78 is 0. The summed E-state index contributed by atoms with van der Waals surface area (Å²) in [5.41, 5.74) is 1.95. The van der Waals surface area contributed by atoms with E-state index >= 15 is 0 Å². The average molecular weight is 231 g/mol. The van der Waals surface area contributed by atoms with E-state index in [2.05, 4.69) is 4.98 Å². The van der Waals surface area contributed by atoms with Crippen molar-refractivity contribution in [2.45, 2.75) is 19.8 Å². The molecule has 0 N–H and O–H groups in total. The van der Waals surface area contributed by atoms with Crippen LogP contribution < -0.4 is 0 Å². The fraction of sp³-hybridized carbons (Fsp3) is 0.231. The van der Waals surface area contributed by atoms with E-state index in [0.29, 0.717) is 6.42 Å². The van der Waals surface area contributed by atoms with E-state index in [9.17, 15) is 4.79 Å². The third kappa shape index (κ3) is 2.76. The third-order valence-corrected chi connectivity index (χ3v) is 3.28. The molecule has 0 bridgehead atoms. The van der Waals surface area contributed by atoms with Gasteiger partial charge in [0.1, 0.15) is 0 Å². The molecular weight excluding hydrogens is 218 g/mol. The van der Waals surface area contributed by atoms with Gasteiger partial charge in [-0.1, -0.05) is 6.07 Å². The van der Waals surface area contributed by atoms with Crippen LogP contribution in [0.3, 0.4) is 0 Å². The molecule has 0 spiro atoms. The van der Waals surface area contributed by atoms with Gasteiger partial charge < -0.3 is 0 Å². The number of rotatable bonds is 4. The highest BCUT2D eigenvalue weighted by molar-refractivity contribution is 7.10. The monoisotopic (exact) mass is 231 g/mol. The molecule has 0 fully saturated rings. The van der Waals surface area contributed by atoms with E-state index in [1.54, 1.807) is 17.5 Å². The molecule has 0 saturated carbocycles. The average Bonchev–Trinajstić information content (AvgIpc) is 2.74. The van der Waals surface area contributed by atoms with Crippen LogP contribution in [0.4, 0.5) is 0 Å². The van der Waals surface area contributed by atoms with Crippen molar-refractivity contribution in [2.24, 2.45) is 0 Å². The van der Waals surface area contributed by atoms with E-state index in [4.69, 9.17) is 0 Å². The number of hydrogen-bond donors (Lipinski definition) is 0. The number of pyridine rings is 1. The number of thiophene rings is 1. The van der Waals surface area contributed by atoms with Crippen molar-refractivity contribution in [2.75, 3.05) is 0 Å². The zero-order valence-electron chi connectivity index (χ0n) is 9.14. The van der Waals surface area contributed by atoms with Crippen molar-refractivity contribution in [3.8, 4) is 0 Å². The van der Waals surface area contributed by atoms with Gasteiger partial charge in [0.15, 0.2) is 5.78 Å². The Labute approximate surface area is 99.0 Å². The van der Waals surface area contributed by atoms with Gasteiger partial charge >= 0.3 is 0 Å². The van der Waals surface area contributed by atoms with Crippen LogP contribution in [0.1, 0.15) is 27.2 Å². The summed E-state index contributed by atoms with van der Waals surface area (Å²) in [6.45, 7) is 2.02. The molecule has 0 aliphatic carbocycles. The van der Waals surface area contributed by atoms with Gasteiger partial charge in [0, 0.05) is 34.6 Å². The van der Waals surface area contributed by atoms with Crippen LogP contribution in [0, 0.1) is 6.92 Å². The standard InChI is InChI=1S/C13H13NOS/c1-10-7-12(9-16-10)13(15)5-4-11-3-2-6-14-8-11/h2-3,6-9H,4-5H2,1H3. The van der Waals surface area contributed by atoms with Crippen molar-refractivity contribution in [3.63, 3.8) is 0 Å². The lowest BCUT2D eigenvalue weighted by atomic mass is 10.1. The Morgan fingerprint density at radius 2 is 2.38 bits per heavy atom. The zero-order chi connectivity index (χ0) is 11.4. The lowest BCUT2D eigenvalue weighted by Crippen LogP contribution is -1.99. The molecular formula is C13H13NOS. The largest absolute Gasteiger partial charge is 0.294 e. The van der Waals surface area contributed by atoms with Gasteiger partial charge in [0.2, 0.25) is 0 Å². The number of aromatic nitrogens is 1. The summed E-state index contributed by atoms with van der Waals surface area (Å²) in [5, 5.41) is 1.93. The van der Waals surface area contributed by atoms with Crippen LogP contribution in [-0.2, 0) is 6.42 Å². The van der Waals surface area contributed by atoms with Crippen LogP contribution in [0.2, 0.25) is 0 Å². The molecule has 82 valence electrons. The summed E-state index contributed by atoms with van der Waals surface area (Å²) in [6.07, 6.45) is 4.88. The first kappa shape index (κ1) is 11.0. The Bertz CT molecular complexity index is 476.